The number of carbonyl (C=O) groups excluding carboxylic acids is 6. The fourth-order valence-corrected chi connectivity index (χ4v) is 5.57. The van der Waals surface area contributed by atoms with Crippen LogP contribution in [-0.4, -0.2) is 77.2 Å². The van der Waals surface area contributed by atoms with Crippen molar-refractivity contribution in [2.75, 3.05) is 6.54 Å². The van der Waals surface area contributed by atoms with Gasteiger partial charge in [-0.2, -0.15) is 0 Å². The van der Waals surface area contributed by atoms with Gasteiger partial charge in [0.05, 0.1) is 12.1 Å². The standard InChI is InChI=1S/C32H53N5O7/c1-11-32(9,10)20-14-15-37(23(20)27(40)34-21(16-19-12-13-19)24(38)26(33)39)28(41)25(31(6,7)8)36-30(43)35-22(17(2)3)29(42)44-18(4)5/h11,17-23,25H,1,12-16H2,2-10H3,(H2,33,39)(H,34,40)(H2,35,36,43)/t20?,21?,22-,23-,25+/m0/s1. The summed E-state index contributed by atoms with van der Waals surface area (Å²) in [6, 6.07) is -4.83. The minimum Gasteiger partial charge on any atom is -0.461 e. The highest BCUT2D eigenvalue weighted by Gasteiger charge is 2.51. The Bertz CT molecular complexity index is 1120. The zero-order chi connectivity index (χ0) is 33.7. The van der Waals surface area contributed by atoms with E-state index in [2.05, 4.69) is 22.5 Å². The second-order valence-electron chi connectivity index (χ2n) is 14.5. The number of nitrogens with one attached hydrogen (secondary N) is 3. The number of urea groups is 1. The summed E-state index contributed by atoms with van der Waals surface area (Å²) in [6.07, 6.45) is 3.92. The number of hydrogen-bond donors (Lipinski definition) is 4. The van der Waals surface area contributed by atoms with Gasteiger partial charge in [0.1, 0.15) is 18.1 Å². The third-order valence-corrected chi connectivity index (χ3v) is 8.52. The molecular formula is C32H53N5O7. The minimum absolute atomic E-state index is 0.214. The van der Waals surface area contributed by atoms with Crippen molar-refractivity contribution < 1.29 is 33.5 Å². The first kappa shape index (κ1) is 36.8. The number of amides is 5. The van der Waals surface area contributed by atoms with Crippen LogP contribution in [0.15, 0.2) is 12.7 Å². The van der Waals surface area contributed by atoms with Gasteiger partial charge >= 0.3 is 12.0 Å². The molecule has 1 aliphatic heterocycles. The average molecular weight is 620 g/mol. The molecule has 0 aromatic rings. The van der Waals surface area contributed by atoms with E-state index in [1.54, 1.807) is 54.5 Å². The summed E-state index contributed by atoms with van der Waals surface area (Å²) in [5.74, 6) is -4.06. The SMILES string of the molecule is C=CC(C)(C)C1CCN(C(=O)[C@@H](NC(=O)N[C@H](C(=O)OC(C)C)C(C)C)C(C)(C)C)[C@@H]1C(=O)NC(CC1CC1)C(=O)C(N)=O. The molecular weight excluding hydrogens is 566 g/mol. The molecule has 2 aliphatic rings. The van der Waals surface area contributed by atoms with Crippen LogP contribution >= 0.6 is 0 Å². The molecule has 2 unspecified atom stereocenters. The highest BCUT2D eigenvalue weighted by molar-refractivity contribution is 6.37. The van der Waals surface area contributed by atoms with E-state index in [-0.39, 0.29) is 30.4 Å². The lowest BCUT2D eigenvalue weighted by Gasteiger charge is -2.39. The highest BCUT2D eigenvalue weighted by atomic mass is 16.5. The molecule has 2 rings (SSSR count). The summed E-state index contributed by atoms with van der Waals surface area (Å²) in [4.78, 5) is 79.9. The summed E-state index contributed by atoms with van der Waals surface area (Å²) in [5, 5.41) is 8.13. The Hall–Kier alpha value is -3.44. The molecule has 5 amide bonds. The van der Waals surface area contributed by atoms with Gasteiger partial charge in [-0.1, -0.05) is 67.4 Å². The lowest BCUT2D eigenvalue weighted by Crippen LogP contribution is -2.62. The van der Waals surface area contributed by atoms with Crippen LogP contribution in [0.2, 0.25) is 0 Å². The van der Waals surface area contributed by atoms with Crippen molar-refractivity contribution >= 4 is 35.5 Å². The van der Waals surface area contributed by atoms with Crippen LogP contribution in [0.25, 0.3) is 0 Å². The number of likely N-dealkylation sites (tertiary alicyclic amines) is 1. The van der Waals surface area contributed by atoms with Crippen molar-refractivity contribution in [1.29, 1.82) is 0 Å². The van der Waals surface area contributed by atoms with E-state index >= 15 is 0 Å². The van der Waals surface area contributed by atoms with E-state index < -0.39 is 70.5 Å². The first-order chi connectivity index (χ1) is 20.2. The summed E-state index contributed by atoms with van der Waals surface area (Å²) >= 11 is 0. The summed E-state index contributed by atoms with van der Waals surface area (Å²) in [7, 11) is 0. The Morgan fingerprint density at radius 3 is 2.00 bits per heavy atom. The van der Waals surface area contributed by atoms with Crippen molar-refractivity contribution in [2.45, 2.75) is 118 Å². The van der Waals surface area contributed by atoms with Crippen molar-refractivity contribution in [3.05, 3.63) is 12.7 Å². The number of carbonyl (C=O) groups is 6. The van der Waals surface area contributed by atoms with Gasteiger partial charge in [-0.3, -0.25) is 19.2 Å². The van der Waals surface area contributed by atoms with Crippen LogP contribution in [0.4, 0.5) is 4.79 Å². The van der Waals surface area contributed by atoms with E-state index in [1.165, 1.54) is 4.90 Å². The van der Waals surface area contributed by atoms with E-state index in [0.717, 1.165) is 12.8 Å². The molecule has 5 atom stereocenters. The number of nitrogens with zero attached hydrogens (tertiary/aromatic N) is 1. The van der Waals surface area contributed by atoms with Gasteiger partial charge in [0, 0.05) is 6.54 Å². The van der Waals surface area contributed by atoms with Crippen LogP contribution in [0.1, 0.15) is 88.0 Å². The second-order valence-corrected chi connectivity index (χ2v) is 14.5. The van der Waals surface area contributed by atoms with Gasteiger partial charge in [0.2, 0.25) is 17.6 Å². The third kappa shape index (κ3) is 9.53. The predicted molar refractivity (Wildman–Crippen MR) is 166 cm³/mol. The van der Waals surface area contributed by atoms with Crippen LogP contribution in [-0.2, 0) is 28.7 Å². The van der Waals surface area contributed by atoms with Crippen LogP contribution in [0.5, 0.6) is 0 Å². The van der Waals surface area contributed by atoms with Gasteiger partial charge in [-0.05, 0) is 55.3 Å². The minimum atomic E-state index is -1.13. The fourth-order valence-electron chi connectivity index (χ4n) is 5.57. The summed E-state index contributed by atoms with van der Waals surface area (Å²) < 4.78 is 5.30. The number of esters is 1. The van der Waals surface area contributed by atoms with Crippen molar-refractivity contribution in [2.24, 2.45) is 34.3 Å². The summed E-state index contributed by atoms with van der Waals surface area (Å²) in [5.41, 5.74) is 3.93. The molecule has 1 saturated heterocycles. The number of primary amides is 1. The van der Waals surface area contributed by atoms with Crippen molar-refractivity contribution in [3.63, 3.8) is 0 Å². The van der Waals surface area contributed by atoms with Gasteiger partial charge in [-0.15, -0.1) is 6.58 Å². The summed E-state index contributed by atoms with van der Waals surface area (Å²) in [6.45, 7) is 20.3. The molecule has 12 heteroatoms. The molecule has 1 saturated carbocycles. The van der Waals surface area contributed by atoms with Gasteiger partial charge < -0.3 is 31.3 Å². The molecule has 1 heterocycles. The molecule has 0 bridgehead atoms. The van der Waals surface area contributed by atoms with Gasteiger partial charge in [0.15, 0.2) is 0 Å². The Kier molecular flexibility index (Phi) is 12.2. The Labute approximate surface area is 261 Å². The molecule has 5 N–H and O–H groups in total. The Balaban J connectivity index is 2.39. The first-order valence-corrected chi connectivity index (χ1v) is 15.6. The van der Waals surface area contributed by atoms with E-state index in [0.29, 0.717) is 12.8 Å². The lowest BCUT2D eigenvalue weighted by molar-refractivity contribution is -0.150. The number of Topliss-reactive ketones (excluding diaryl/α,β-unsaturated/α-hetero) is 1. The topological polar surface area (TPSA) is 177 Å². The molecule has 248 valence electrons. The van der Waals surface area contributed by atoms with Crippen molar-refractivity contribution in [3.8, 4) is 0 Å². The number of allylic oxidation sites excluding steroid dienone is 1. The quantitative estimate of drug-likeness (QED) is 0.131. The molecule has 0 aromatic heterocycles. The number of nitrogens with two attached hydrogens (primary N) is 1. The van der Waals surface area contributed by atoms with E-state index in [1.807, 2.05) is 13.8 Å². The highest BCUT2D eigenvalue weighted by Crippen LogP contribution is 2.41. The molecule has 0 aromatic carbocycles. The molecule has 0 spiro atoms. The third-order valence-electron chi connectivity index (χ3n) is 8.52. The van der Waals surface area contributed by atoms with Crippen LogP contribution < -0.4 is 21.7 Å². The molecule has 44 heavy (non-hydrogen) atoms. The predicted octanol–water partition coefficient (Wildman–Crippen LogP) is 2.45. The van der Waals surface area contributed by atoms with Crippen molar-refractivity contribution in [1.82, 2.24) is 20.9 Å². The van der Waals surface area contributed by atoms with Gasteiger partial charge in [0.25, 0.3) is 5.91 Å². The maximum absolute atomic E-state index is 14.3. The first-order valence-electron chi connectivity index (χ1n) is 15.6. The monoisotopic (exact) mass is 619 g/mol. The molecule has 1 aliphatic carbocycles. The zero-order valence-corrected chi connectivity index (χ0v) is 27.8. The van der Waals surface area contributed by atoms with E-state index in [4.69, 9.17) is 10.5 Å². The molecule has 12 nitrogen and oxygen atoms in total. The van der Waals surface area contributed by atoms with Crippen LogP contribution in [0, 0.1) is 28.6 Å². The maximum atomic E-state index is 14.3. The largest absolute Gasteiger partial charge is 0.461 e. The zero-order valence-electron chi connectivity index (χ0n) is 27.8. The normalized spacial score (nSPS) is 20.8. The average Bonchev–Trinajstić information content (AvgIpc) is 3.60. The van der Waals surface area contributed by atoms with Gasteiger partial charge in [-0.25, -0.2) is 9.59 Å². The molecule has 2 fully saturated rings. The molecule has 0 radical (unpaired) electrons. The second kappa shape index (κ2) is 14.6. The smallest absolute Gasteiger partial charge is 0.329 e. The number of ketones is 1. The number of hydrogen-bond acceptors (Lipinski definition) is 7. The van der Waals surface area contributed by atoms with Crippen LogP contribution in [0.3, 0.4) is 0 Å². The Morgan fingerprint density at radius 2 is 1.55 bits per heavy atom. The number of rotatable bonds is 14. The Morgan fingerprint density at radius 1 is 0.955 bits per heavy atom. The maximum Gasteiger partial charge on any atom is 0.329 e. The lowest BCUT2D eigenvalue weighted by atomic mass is 9.74. The number of ether oxygens (including phenoxy) is 1. The van der Waals surface area contributed by atoms with E-state index in [9.17, 15) is 28.8 Å². The fraction of sp³-hybridized carbons (Fsp3) is 0.750.